The lowest BCUT2D eigenvalue weighted by Crippen LogP contribution is -2.31. The zero-order chi connectivity index (χ0) is 23.8. The van der Waals surface area contributed by atoms with Crippen LogP contribution in [-0.4, -0.2) is 28.0 Å². The van der Waals surface area contributed by atoms with E-state index < -0.39 is 10.0 Å². The van der Waals surface area contributed by atoms with Crippen LogP contribution in [0.5, 0.6) is 11.5 Å². The number of sulfonamides is 1. The second kappa shape index (κ2) is 11.0. The van der Waals surface area contributed by atoms with E-state index in [0.717, 1.165) is 16.9 Å². The fraction of sp³-hybridized carbons (Fsp3) is 0.240. The van der Waals surface area contributed by atoms with Crippen LogP contribution in [0.25, 0.3) is 0 Å². The topological polar surface area (TPSA) is 93.7 Å². The van der Waals surface area contributed by atoms with Crippen LogP contribution in [0.4, 0.5) is 0 Å². The van der Waals surface area contributed by atoms with Crippen molar-refractivity contribution in [3.8, 4) is 11.5 Å². The smallest absolute Gasteiger partial charge is 0.258 e. The molecule has 0 bridgehead atoms. The van der Waals surface area contributed by atoms with Crippen molar-refractivity contribution >= 4 is 15.9 Å². The van der Waals surface area contributed by atoms with Crippen molar-refractivity contribution < 1.29 is 22.7 Å². The first kappa shape index (κ1) is 24.3. The van der Waals surface area contributed by atoms with Gasteiger partial charge in [-0.1, -0.05) is 42.5 Å². The molecule has 0 saturated heterocycles. The number of hydrogen-bond acceptors (Lipinski definition) is 5. The van der Waals surface area contributed by atoms with E-state index in [-0.39, 0.29) is 30.0 Å². The molecule has 0 spiro atoms. The predicted molar refractivity (Wildman–Crippen MR) is 127 cm³/mol. The van der Waals surface area contributed by atoms with Crippen molar-refractivity contribution in [3.05, 3.63) is 89.5 Å². The summed E-state index contributed by atoms with van der Waals surface area (Å²) in [5.41, 5.74) is 2.43. The van der Waals surface area contributed by atoms with Gasteiger partial charge in [-0.2, -0.15) is 0 Å². The number of hydrogen-bond donors (Lipinski definition) is 2. The number of methoxy groups -OCH3 is 1. The Morgan fingerprint density at radius 3 is 2.33 bits per heavy atom. The van der Waals surface area contributed by atoms with Crippen molar-refractivity contribution in [2.75, 3.05) is 13.7 Å². The molecule has 0 aliphatic carbocycles. The Bertz CT molecular complexity index is 1180. The van der Waals surface area contributed by atoms with Crippen LogP contribution in [0.2, 0.25) is 0 Å². The molecule has 3 aromatic carbocycles. The van der Waals surface area contributed by atoms with E-state index in [1.165, 1.54) is 12.1 Å². The molecule has 0 radical (unpaired) electrons. The molecule has 0 saturated carbocycles. The molecule has 0 heterocycles. The van der Waals surface area contributed by atoms with Crippen LogP contribution in [0.1, 0.15) is 29.7 Å². The normalized spacial score (nSPS) is 12.1. The Hall–Kier alpha value is -3.36. The van der Waals surface area contributed by atoms with Gasteiger partial charge in [0.15, 0.2) is 6.61 Å². The molecule has 0 aliphatic heterocycles. The molecule has 0 unspecified atom stereocenters. The maximum absolute atomic E-state index is 12.6. The van der Waals surface area contributed by atoms with Gasteiger partial charge in [0.1, 0.15) is 11.5 Å². The minimum atomic E-state index is -3.67. The Labute approximate surface area is 194 Å². The summed E-state index contributed by atoms with van der Waals surface area (Å²) in [6.45, 7) is 3.64. The Morgan fingerprint density at radius 2 is 1.70 bits per heavy atom. The summed E-state index contributed by atoms with van der Waals surface area (Å²) >= 11 is 0. The molecule has 33 heavy (non-hydrogen) atoms. The molecule has 0 aromatic heterocycles. The van der Waals surface area contributed by atoms with Crippen molar-refractivity contribution in [1.82, 2.24) is 10.0 Å². The second-order valence-electron chi connectivity index (χ2n) is 7.59. The van der Waals surface area contributed by atoms with Crippen LogP contribution in [-0.2, 0) is 21.4 Å². The third-order valence-electron chi connectivity index (χ3n) is 5.12. The van der Waals surface area contributed by atoms with Gasteiger partial charge in [0.2, 0.25) is 10.0 Å². The fourth-order valence-electron chi connectivity index (χ4n) is 3.21. The molecular formula is C25H28N2O5S. The van der Waals surface area contributed by atoms with Gasteiger partial charge in [0, 0.05) is 6.54 Å². The van der Waals surface area contributed by atoms with Crippen LogP contribution in [0, 0.1) is 6.92 Å². The number of carbonyl (C=O) groups is 1. The summed E-state index contributed by atoms with van der Waals surface area (Å²) in [4.78, 5) is 12.5. The van der Waals surface area contributed by atoms with Crippen molar-refractivity contribution in [3.63, 3.8) is 0 Å². The van der Waals surface area contributed by atoms with E-state index in [0.29, 0.717) is 11.3 Å². The number of rotatable bonds is 10. The average molecular weight is 469 g/mol. The second-order valence-corrected chi connectivity index (χ2v) is 9.36. The number of nitrogens with one attached hydrogen (secondary N) is 2. The Kier molecular flexibility index (Phi) is 8.08. The summed E-state index contributed by atoms with van der Waals surface area (Å²) in [5, 5.41) is 2.88. The lowest BCUT2D eigenvalue weighted by atomic mass is 10.1. The summed E-state index contributed by atoms with van der Waals surface area (Å²) in [6.07, 6.45) is 0. The zero-order valence-electron chi connectivity index (χ0n) is 18.9. The largest absolute Gasteiger partial charge is 0.497 e. The van der Waals surface area contributed by atoms with Gasteiger partial charge in [-0.05, 0) is 60.9 Å². The molecule has 174 valence electrons. The van der Waals surface area contributed by atoms with Gasteiger partial charge in [0.25, 0.3) is 5.91 Å². The van der Waals surface area contributed by atoms with Gasteiger partial charge in [-0.15, -0.1) is 0 Å². The average Bonchev–Trinajstić information content (AvgIpc) is 2.82. The minimum Gasteiger partial charge on any atom is -0.497 e. The summed E-state index contributed by atoms with van der Waals surface area (Å²) in [6, 6.07) is 21.1. The number of aryl methyl sites for hydroxylation is 1. The first-order valence-corrected chi connectivity index (χ1v) is 12.0. The Morgan fingerprint density at radius 1 is 1.00 bits per heavy atom. The van der Waals surface area contributed by atoms with Gasteiger partial charge < -0.3 is 14.8 Å². The van der Waals surface area contributed by atoms with Crippen LogP contribution in [0.15, 0.2) is 77.7 Å². The third-order valence-corrected chi connectivity index (χ3v) is 6.52. The molecule has 1 atom stereocenters. The van der Waals surface area contributed by atoms with Crippen LogP contribution in [0.3, 0.4) is 0 Å². The van der Waals surface area contributed by atoms with Crippen molar-refractivity contribution in [1.29, 1.82) is 0 Å². The van der Waals surface area contributed by atoms with Gasteiger partial charge >= 0.3 is 0 Å². The lowest BCUT2D eigenvalue weighted by molar-refractivity contribution is -0.123. The highest BCUT2D eigenvalue weighted by Gasteiger charge is 2.16. The highest BCUT2D eigenvalue weighted by atomic mass is 32.2. The van der Waals surface area contributed by atoms with E-state index >= 15 is 0 Å². The van der Waals surface area contributed by atoms with Crippen molar-refractivity contribution in [2.24, 2.45) is 0 Å². The molecule has 3 rings (SSSR count). The first-order valence-electron chi connectivity index (χ1n) is 10.5. The lowest BCUT2D eigenvalue weighted by Gasteiger charge is -2.16. The van der Waals surface area contributed by atoms with E-state index in [2.05, 4.69) is 10.0 Å². The van der Waals surface area contributed by atoms with Gasteiger partial charge in [-0.3, -0.25) is 4.79 Å². The minimum absolute atomic E-state index is 0.140. The SMILES string of the molecule is COc1ccc([C@@H](C)NC(=O)COc2ccc(S(=O)(=O)NCc3ccccc3)cc2C)cc1. The summed E-state index contributed by atoms with van der Waals surface area (Å²) in [5.74, 6) is 0.917. The molecule has 1 amide bonds. The third kappa shape index (κ3) is 6.81. The quantitative estimate of drug-likeness (QED) is 0.473. The maximum Gasteiger partial charge on any atom is 0.258 e. The van der Waals surface area contributed by atoms with Gasteiger partial charge in [-0.25, -0.2) is 13.1 Å². The number of amides is 1. The molecule has 3 aromatic rings. The molecule has 2 N–H and O–H groups in total. The van der Waals surface area contributed by atoms with Crippen LogP contribution < -0.4 is 19.5 Å². The van der Waals surface area contributed by atoms with E-state index in [4.69, 9.17) is 9.47 Å². The van der Waals surface area contributed by atoms with E-state index in [1.807, 2.05) is 61.5 Å². The molecule has 0 fully saturated rings. The zero-order valence-corrected chi connectivity index (χ0v) is 19.7. The fourth-order valence-corrected chi connectivity index (χ4v) is 4.31. The first-order chi connectivity index (χ1) is 15.8. The Balaban J connectivity index is 1.55. The molecule has 0 aliphatic rings. The van der Waals surface area contributed by atoms with Crippen molar-refractivity contribution in [2.45, 2.75) is 31.3 Å². The highest BCUT2D eigenvalue weighted by molar-refractivity contribution is 7.89. The predicted octanol–water partition coefficient (Wildman–Crippen LogP) is 3.74. The van der Waals surface area contributed by atoms with Crippen LogP contribution >= 0.6 is 0 Å². The molecule has 8 heteroatoms. The number of ether oxygens (including phenoxy) is 2. The summed E-state index contributed by atoms with van der Waals surface area (Å²) < 4.78 is 38.6. The summed E-state index contributed by atoms with van der Waals surface area (Å²) in [7, 11) is -2.07. The molecular weight excluding hydrogens is 440 g/mol. The number of carbonyl (C=O) groups excluding carboxylic acids is 1. The maximum atomic E-state index is 12.6. The monoisotopic (exact) mass is 468 g/mol. The molecule has 7 nitrogen and oxygen atoms in total. The van der Waals surface area contributed by atoms with E-state index in [9.17, 15) is 13.2 Å². The van der Waals surface area contributed by atoms with E-state index in [1.54, 1.807) is 20.1 Å². The number of benzene rings is 3. The standard InChI is InChI=1S/C25H28N2O5S/c1-18-15-23(33(29,30)26-16-20-7-5-4-6-8-20)13-14-24(18)32-17-25(28)27-19(2)21-9-11-22(31-3)12-10-21/h4-15,19,26H,16-17H2,1-3H3,(H,27,28)/t19-/m1/s1. The highest BCUT2D eigenvalue weighted by Crippen LogP contribution is 2.22. The van der Waals surface area contributed by atoms with Gasteiger partial charge in [0.05, 0.1) is 18.0 Å².